The molecule has 13 nitrogen and oxygen atoms in total. The zero-order chi connectivity index (χ0) is 24.0. The van der Waals surface area contributed by atoms with E-state index in [-0.39, 0.29) is 0 Å². The fourth-order valence-electron chi connectivity index (χ4n) is 1.05. The van der Waals surface area contributed by atoms with Gasteiger partial charge in [-0.15, -0.1) is 0 Å². The molecular formula is C16H20Cr2N4O9. The summed E-state index contributed by atoms with van der Waals surface area (Å²) in [5.41, 5.74) is 4.03. The van der Waals surface area contributed by atoms with E-state index in [1.165, 1.54) is 0 Å². The van der Waals surface area contributed by atoms with Crippen molar-refractivity contribution < 1.29 is 63.5 Å². The number of primary amides is 1. The van der Waals surface area contributed by atoms with Crippen LogP contribution in [0, 0.1) is 0 Å². The molecule has 170 valence electrons. The first-order valence-electron chi connectivity index (χ1n) is 7.63. The molecule has 31 heavy (non-hydrogen) atoms. The van der Waals surface area contributed by atoms with E-state index in [0.29, 0.717) is 0 Å². The van der Waals surface area contributed by atoms with Crippen molar-refractivity contribution >= 4 is 6.09 Å². The fourth-order valence-corrected chi connectivity index (χ4v) is 2.79. The predicted molar refractivity (Wildman–Crippen MR) is 93.2 cm³/mol. The van der Waals surface area contributed by atoms with E-state index in [9.17, 15) is 15.2 Å². The number of aromatic nitrogens is 3. The summed E-state index contributed by atoms with van der Waals surface area (Å²) in [5, 5.41) is 7.19. The van der Waals surface area contributed by atoms with Gasteiger partial charge < -0.3 is 10.8 Å². The summed E-state index contributed by atoms with van der Waals surface area (Å²) >= 11 is -11.5. The predicted octanol–water partition coefficient (Wildman–Crippen LogP) is 1.21. The monoisotopic (exact) mass is 516 g/mol. The zero-order valence-electron chi connectivity index (χ0n) is 15.7. The van der Waals surface area contributed by atoms with Crippen LogP contribution in [0.15, 0.2) is 91.8 Å². The molecule has 0 aliphatic rings. The third kappa shape index (κ3) is 38.2. The largest absolute Gasteiger partial charge is 0.265 e. The van der Waals surface area contributed by atoms with Gasteiger partial charge in [-0.3, -0.25) is 15.0 Å². The second-order valence-corrected chi connectivity index (χ2v) is 8.10. The van der Waals surface area contributed by atoms with Crippen molar-refractivity contribution in [3.63, 3.8) is 0 Å². The van der Waals surface area contributed by atoms with E-state index < -0.39 is 33.3 Å². The van der Waals surface area contributed by atoms with Crippen molar-refractivity contribution in [3.05, 3.63) is 91.8 Å². The maximum atomic E-state index is 9.53. The van der Waals surface area contributed by atoms with Crippen molar-refractivity contribution in [2.45, 2.75) is 0 Å². The van der Waals surface area contributed by atoms with Gasteiger partial charge in [0.1, 0.15) is 0 Å². The average molecular weight is 516 g/mol. The summed E-state index contributed by atoms with van der Waals surface area (Å²) in [6.45, 7) is 0. The molecule has 0 radical (unpaired) electrons. The molecule has 3 heterocycles. The van der Waals surface area contributed by atoms with Crippen molar-refractivity contribution in [3.8, 4) is 0 Å². The van der Waals surface area contributed by atoms with Crippen molar-refractivity contribution in [1.29, 1.82) is 0 Å². The molecule has 0 aliphatic carbocycles. The quantitative estimate of drug-likeness (QED) is 0.377. The van der Waals surface area contributed by atoms with Gasteiger partial charge in [-0.25, -0.2) is 4.79 Å². The number of hydrogen-bond acceptors (Lipinski definition) is 9. The first-order valence-corrected chi connectivity index (χ1v) is 11.9. The second kappa shape index (κ2) is 18.9. The van der Waals surface area contributed by atoms with Crippen LogP contribution < -0.4 is 5.73 Å². The molecule has 0 aliphatic heterocycles. The summed E-state index contributed by atoms with van der Waals surface area (Å²) < 4.78 is 56.3. The molecular weight excluding hydrogens is 496 g/mol. The third-order valence-corrected chi connectivity index (χ3v) is 4.62. The van der Waals surface area contributed by atoms with Gasteiger partial charge in [0.15, 0.2) is 0 Å². The summed E-state index contributed by atoms with van der Waals surface area (Å²) in [4.78, 5) is 20.1. The normalized spacial score (nSPS) is 9.35. The van der Waals surface area contributed by atoms with Gasteiger partial charge in [0.2, 0.25) is 0 Å². The molecule has 0 saturated carbocycles. The van der Waals surface area contributed by atoms with E-state index in [1.807, 2.05) is 54.6 Å². The molecule has 3 aromatic heterocycles. The number of rotatable bonds is 2. The number of nitrogens with two attached hydrogens (primary N) is 1. The molecule has 5 N–H and O–H groups in total. The molecule has 0 aromatic carbocycles. The Labute approximate surface area is 182 Å². The van der Waals surface area contributed by atoms with Crippen LogP contribution in [0.5, 0.6) is 0 Å². The van der Waals surface area contributed by atoms with Crippen molar-refractivity contribution in [2.24, 2.45) is 5.73 Å². The first-order chi connectivity index (χ1) is 14.4. The molecule has 15 heteroatoms. The van der Waals surface area contributed by atoms with Gasteiger partial charge in [-0.05, 0) is 36.4 Å². The molecule has 0 unspecified atom stereocenters. The number of amides is 1. The SMILES string of the molecule is NC(=O)O.[O]=[Cr](=[O])([OH])[O][Cr](=[O])(=[O])[OH].c1ccncc1.c1ccncc1.c1ccncc1. The van der Waals surface area contributed by atoms with Crippen molar-refractivity contribution in [2.75, 3.05) is 0 Å². The Hall–Kier alpha value is -3.14. The summed E-state index contributed by atoms with van der Waals surface area (Å²) in [6.07, 6.45) is 9.17. The van der Waals surface area contributed by atoms with Crippen LogP contribution in [-0.2, 0) is 45.3 Å². The Balaban J connectivity index is 0. The van der Waals surface area contributed by atoms with Crippen LogP contribution in [0.1, 0.15) is 0 Å². The number of pyridine rings is 3. The van der Waals surface area contributed by atoms with E-state index >= 15 is 0 Å². The second-order valence-electron chi connectivity index (χ2n) is 4.34. The van der Waals surface area contributed by atoms with Gasteiger partial charge in [0.25, 0.3) is 0 Å². The van der Waals surface area contributed by atoms with Gasteiger partial charge in [-0.2, -0.15) is 0 Å². The molecule has 0 spiro atoms. The molecule has 0 saturated heterocycles. The molecule has 0 bridgehead atoms. The van der Waals surface area contributed by atoms with E-state index in [0.717, 1.165) is 0 Å². The van der Waals surface area contributed by atoms with Crippen LogP contribution >= 0.6 is 0 Å². The van der Waals surface area contributed by atoms with E-state index in [1.54, 1.807) is 37.2 Å². The first kappa shape index (κ1) is 30.1. The Bertz CT molecular complexity index is 804. The Morgan fingerprint density at radius 2 is 0.806 bits per heavy atom. The molecule has 0 atom stereocenters. The van der Waals surface area contributed by atoms with Gasteiger partial charge in [-0.1, -0.05) is 18.2 Å². The van der Waals surface area contributed by atoms with Gasteiger partial charge >= 0.3 is 59.7 Å². The minimum Gasteiger partial charge on any atom is -0.265 e. The Morgan fingerprint density at radius 1 is 0.613 bits per heavy atom. The smallest absolute Gasteiger partial charge is 0.0267 e. The van der Waals surface area contributed by atoms with Crippen LogP contribution in [0.2, 0.25) is 0 Å². The van der Waals surface area contributed by atoms with E-state index in [4.69, 9.17) is 18.2 Å². The summed E-state index contributed by atoms with van der Waals surface area (Å²) in [7, 11) is 0. The maximum Gasteiger partial charge on any atom is 0.0267 e. The number of nitrogens with zero attached hydrogens (tertiary/aromatic N) is 3. The standard InChI is InChI=1S/3C5H5N.CH3NO2.2Cr.2H2O.5O/c3*1-2-4-6-5-3-1;2-1(3)4;;;;;;;;;/h3*1-5H;2H2,(H,3,4);;;2*1H2;;;;;/q;;;;2*+1;;;;;;;/p-2. The molecule has 3 aromatic rings. The van der Waals surface area contributed by atoms with Crippen LogP contribution in [0.3, 0.4) is 0 Å². The summed E-state index contributed by atoms with van der Waals surface area (Å²) in [6, 6.07) is 17.1. The fraction of sp³-hybridized carbons (Fsp3) is 0. The minimum absolute atomic E-state index is 1.33. The summed E-state index contributed by atoms with van der Waals surface area (Å²) in [5.74, 6) is 0. The zero-order valence-corrected chi connectivity index (χ0v) is 18.2. The Morgan fingerprint density at radius 3 is 0.839 bits per heavy atom. The minimum atomic E-state index is -5.76. The molecule has 1 amide bonds. The number of carboxylic acid groups (broad SMARTS) is 1. The average Bonchev–Trinajstić information content (AvgIpc) is 2.70. The number of carbonyl (C=O) groups is 1. The van der Waals surface area contributed by atoms with Crippen molar-refractivity contribution in [1.82, 2.24) is 15.0 Å². The van der Waals surface area contributed by atoms with Gasteiger partial charge in [0.05, 0.1) is 0 Å². The topological polar surface area (TPSA) is 220 Å². The molecule has 0 fully saturated rings. The molecule has 3 rings (SSSR count). The third-order valence-electron chi connectivity index (χ3n) is 1.87. The van der Waals surface area contributed by atoms with Crippen LogP contribution in [0.25, 0.3) is 0 Å². The Kier molecular flexibility index (Phi) is 18.3. The van der Waals surface area contributed by atoms with Crippen LogP contribution in [-0.4, -0.2) is 34.5 Å². The maximum absolute atomic E-state index is 9.53. The van der Waals surface area contributed by atoms with E-state index in [2.05, 4.69) is 23.5 Å². The van der Waals surface area contributed by atoms with Gasteiger partial charge in [0, 0.05) is 37.2 Å². The number of hydrogen-bond donors (Lipinski definition) is 4. The van der Waals surface area contributed by atoms with Crippen LogP contribution in [0.4, 0.5) is 4.79 Å².